The molecule has 0 radical (unpaired) electrons. The molecule has 0 spiro atoms. The van der Waals surface area contributed by atoms with E-state index in [-0.39, 0.29) is 11.9 Å². The first-order chi connectivity index (χ1) is 8.66. The number of nitrogens with two attached hydrogens (primary N) is 1. The number of carbonyl (C=O) groups is 1. The number of amides is 1. The van der Waals surface area contributed by atoms with Gasteiger partial charge < -0.3 is 16.0 Å². The van der Waals surface area contributed by atoms with E-state index >= 15 is 0 Å². The summed E-state index contributed by atoms with van der Waals surface area (Å²) in [6, 6.07) is 3.73. The fraction of sp³-hybridized carbons (Fsp3) is 0.333. The highest BCUT2D eigenvalue weighted by Gasteiger charge is 2.29. The number of anilines is 2. The molecule has 1 aromatic carbocycles. The summed E-state index contributed by atoms with van der Waals surface area (Å²) >= 11 is 1.56. The molecule has 94 valence electrons. The Kier molecular flexibility index (Phi) is 2.59. The predicted octanol–water partition coefficient (Wildman–Crippen LogP) is 1.52. The van der Waals surface area contributed by atoms with Gasteiger partial charge in [-0.25, -0.2) is 4.98 Å². The SMILES string of the molecule is CN1CCC(Nc2ccc3scnc3c2N)C1=O. The van der Waals surface area contributed by atoms with Crippen LogP contribution in [0.3, 0.4) is 0 Å². The number of aromatic nitrogens is 1. The van der Waals surface area contributed by atoms with Crippen LogP contribution in [-0.4, -0.2) is 35.4 Å². The van der Waals surface area contributed by atoms with Gasteiger partial charge in [-0.3, -0.25) is 4.79 Å². The van der Waals surface area contributed by atoms with E-state index in [9.17, 15) is 4.79 Å². The lowest BCUT2D eigenvalue weighted by Crippen LogP contribution is -2.31. The number of nitrogens with one attached hydrogen (secondary N) is 1. The van der Waals surface area contributed by atoms with Crippen molar-refractivity contribution < 1.29 is 4.79 Å². The molecule has 1 aliphatic rings. The molecule has 1 unspecified atom stereocenters. The van der Waals surface area contributed by atoms with Gasteiger partial charge in [0.2, 0.25) is 5.91 Å². The number of fused-ring (bicyclic) bond motifs is 1. The molecule has 2 aromatic rings. The quantitative estimate of drug-likeness (QED) is 0.805. The summed E-state index contributed by atoms with van der Waals surface area (Å²) in [6.07, 6.45) is 0.809. The van der Waals surface area contributed by atoms with Gasteiger partial charge in [0.25, 0.3) is 0 Å². The minimum Gasteiger partial charge on any atom is -0.395 e. The zero-order valence-corrected chi connectivity index (χ0v) is 10.8. The van der Waals surface area contributed by atoms with Gasteiger partial charge in [0, 0.05) is 13.6 Å². The zero-order chi connectivity index (χ0) is 12.7. The first kappa shape index (κ1) is 11.3. The fourth-order valence-corrected chi connectivity index (χ4v) is 2.91. The Hall–Kier alpha value is -1.82. The third-order valence-electron chi connectivity index (χ3n) is 3.30. The summed E-state index contributed by atoms with van der Waals surface area (Å²) in [5, 5.41) is 3.22. The van der Waals surface area contributed by atoms with E-state index in [1.54, 1.807) is 21.7 Å². The minimum absolute atomic E-state index is 0.118. The maximum atomic E-state index is 11.8. The predicted molar refractivity (Wildman–Crippen MR) is 73.7 cm³/mol. The zero-order valence-electron chi connectivity index (χ0n) is 10.0. The molecule has 1 amide bonds. The van der Waals surface area contributed by atoms with Crippen LogP contribution in [0.15, 0.2) is 17.6 Å². The van der Waals surface area contributed by atoms with Crippen molar-refractivity contribution >= 4 is 38.8 Å². The Morgan fingerprint density at radius 1 is 1.56 bits per heavy atom. The number of likely N-dealkylation sites (tertiary alicyclic amines) is 1. The molecule has 1 saturated heterocycles. The second-order valence-electron chi connectivity index (χ2n) is 4.47. The molecule has 1 aromatic heterocycles. The summed E-state index contributed by atoms with van der Waals surface area (Å²) in [5.74, 6) is 0.118. The van der Waals surface area contributed by atoms with E-state index in [1.807, 2.05) is 19.2 Å². The van der Waals surface area contributed by atoms with E-state index in [0.717, 1.165) is 28.9 Å². The number of likely N-dealkylation sites (N-methyl/N-ethyl adjacent to an activating group) is 1. The molecule has 1 fully saturated rings. The molecule has 6 heteroatoms. The van der Waals surface area contributed by atoms with Crippen LogP contribution in [-0.2, 0) is 4.79 Å². The molecular weight excluding hydrogens is 248 g/mol. The number of carbonyl (C=O) groups excluding carboxylic acids is 1. The lowest BCUT2D eigenvalue weighted by Gasteiger charge is -2.15. The largest absolute Gasteiger partial charge is 0.395 e. The van der Waals surface area contributed by atoms with Crippen molar-refractivity contribution in [2.45, 2.75) is 12.5 Å². The maximum absolute atomic E-state index is 11.8. The van der Waals surface area contributed by atoms with Crippen molar-refractivity contribution in [3.8, 4) is 0 Å². The molecule has 0 aliphatic carbocycles. The second kappa shape index (κ2) is 4.13. The number of benzene rings is 1. The Bertz CT molecular complexity index is 609. The van der Waals surface area contributed by atoms with Gasteiger partial charge in [0.15, 0.2) is 0 Å². The van der Waals surface area contributed by atoms with E-state index in [2.05, 4.69) is 10.3 Å². The Morgan fingerprint density at radius 3 is 3.11 bits per heavy atom. The van der Waals surface area contributed by atoms with Crippen molar-refractivity contribution in [1.82, 2.24) is 9.88 Å². The van der Waals surface area contributed by atoms with E-state index < -0.39 is 0 Å². The Labute approximate surface area is 109 Å². The van der Waals surface area contributed by atoms with Gasteiger partial charge in [-0.2, -0.15) is 0 Å². The number of hydrogen-bond donors (Lipinski definition) is 2. The third kappa shape index (κ3) is 1.69. The molecule has 1 atom stereocenters. The van der Waals surface area contributed by atoms with Crippen molar-refractivity contribution in [3.63, 3.8) is 0 Å². The van der Waals surface area contributed by atoms with Crippen LogP contribution in [0.2, 0.25) is 0 Å². The fourth-order valence-electron chi connectivity index (χ4n) is 2.22. The number of rotatable bonds is 2. The Morgan fingerprint density at radius 2 is 2.39 bits per heavy atom. The lowest BCUT2D eigenvalue weighted by molar-refractivity contribution is -0.127. The van der Waals surface area contributed by atoms with E-state index in [1.165, 1.54) is 0 Å². The number of nitrogen functional groups attached to an aromatic ring is 1. The average Bonchev–Trinajstić information content (AvgIpc) is 2.95. The molecule has 5 nitrogen and oxygen atoms in total. The van der Waals surface area contributed by atoms with Gasteiger partial charge in [0.1, 0.15) is 11.6 Å². The van der Waals surface area contributed by atoms with Gasteiger partial charge in [-0.05, 0) is 18.6 Å². The van der Waals surface area contributed by atoms with Crippen LogP contribution in [0.5, 0.6) is 0 Å². The molecule has 1 aliphatic heterocycles. The van der Waals surface area contributed by atoms with Crippen LogP contribution >= 0.6 is 11.3 Å². The normalized spacial score (nSPS) is 19.7. The summed E-state index contributed by atoms with van der Waals surface area (Å²) < 4.78 is 1.06. The highest BCUT2D eigenvalue weighted by atomic mass is 32.1. The highest BCUT2D eigenvalue weighted by Crippen LogP contribution is 2.31. The van der Waals surface area contributed by atoms with Crippen LogP contribution in [0.25, 0.3) is 10.2 Å². The summed E-state index contributed by atoms with van der Waals surface area (Å²) in [6.45, 7) is 0.787. The smallest absolute Gasteiger partial charge is 0.244 e. The third-order valence-corrected chi connectivity index (χ3v) is 4.09. The van der Waals surface area contributed by atoms with E-state index in [4.69, 9.17) is 5.73 Å². The van der Waals surface area contributed by atoms with Crippen molar-refractivity contribution in [3.05, 3.63) is 17.6 Å². The molecule has 18 heavy (non-hydrogen) atoms. The van der Waals surface area contributed by atoms with Gasteiger partial charge in [-0.15, -0.1) is 11.3 Å². The summed E-state index contributed by atoms with van der Waals surface area (Å²) in [7, 11) is 1.82. The molecular formula is C12H14N4OS. The number of nitrogens with zero attached hydrogens (tertiary/aromatic N) is 2. The standard InChI is InChI=1S/C12H14N4OS/c1-16-5-4-8(12(16)17)15-7-2-3-9-11(10(7)13)14-6-18-9/h2-3,6,8,15H,4-5,13H2,1H3. The molecule has 3 N–H and O–H groups in total. The van der Waals surface area contributed by atoms with Crippen molar-refractivity contribution in [1.29, 1.82) is 0 Å². The minimum atomic E-state index is -0.173. The highest BCUT2D eigenvalue weighted by molar-refractivity contribution is 7.16. The topological polar surface area (TPSA) is 71.2 Å². The lowest BCUT2D eigenvalue weighted by atomic mass is 10.2. The van der Waals surface area contributed by atoms with Crippen LogP contribution < -0.4 is 11.1 Å². The average molecular weight is 262 g/mol. The summed E-state index contributed by atoms with van der Waals surface area (Å²) in [4.78, 5) is 17.8. The van der Waals surface area contributed by atoms with Crippen molar-refractivity contribution in [2.75, 3.05) is 24.6 Å². The first-order valence-corrected chi connectivity index (χ1v) is 6.68. The molecule has 0 bridgehead atoms. The number of thiazole rings is 1. The van der Waals surface area contributed by atoms with Gasteiger partial charge in [0.05, 0.1) is 21.6 Å². The molecule has 3 rings (SSSR count). The number of hydrogen-bond acceptors (Lipinski definition) is 5. The molecule has 2 heterocycles. The van der Waals surface area contributed by atoms with Crippen LogP contribution in [0.4, 0.5) is 11.4 Å². The second-order valence-corrected chi connectivity index (χ2v) is 5.36. The first-order valence-electron chi connectivity index (χ1n) is 5.80. The summed E-state index contributed by atoms with van der Waals surface area (Å²) in [5.41, 5.74) is 10.1. The molecule has 0 saturated carbocycles. The van der Waals surface area contributed by atoms with Crippen LogP contribution in [0, 0.1) is 0 Å². The Balaban J connectivity index is 1.91. The van der Waals surface area contributed by atoms with Gasteiger partial charge >= 0.3 is 0 Å². The van der Waals surface area contributed by atoms with Gasteiger partial charge in [-0.1, -0.05) is 0 Å². The maximum Gasteiger partial charge on any atom is 0.244 e. The van der Waals surface area contributed by atoms with Crippen molar-refractivity contribution in [2.24, 2.45) is 0 Å². The van der Waals surface area contributed by atoms with Crippen LogP contribution in [0.1, 0.15) is 6.42 Å². The monoisotopic (exact) mass is 262 g/mol. The van der Waals surface area contributed by atoms with E-state index in [0.29, 0.717) is 5.69 Å².